The summed E-state index contributed by atoms with van der Waals surface area (Å²) in [6, 6.07) is 4.21. The van der Waals surface area contributed by atoms with Gasteiger partial charge in [0.1, 0.15) is 5.60 Å². The van der Waals surface area contributed by atoms with Gasteiger partial charge in [0.05, 0.1) is 6.04 Å². The van der Waals surface area contributed by atoms with E-state index in [1.54, 1.807) is 6.20 Å². The highest BCUT2D eigenvalue weighted by Gasteiger charge is 2.39. The standard InChI is InChI=1S/C17H22N2O2/c1-17(2,3)21-16(20)19-11-13-6-7-14(19)9-15(13)12-5-4-8-18-10-12/h4-5,8-10,13-14H,6-7,11H2,1-3H3. The fourth-order valence-electron chi connectivity index (χ4n) is 3.16. The van der Waals surface area contributed by atoms with Crippen molar-refractivity contribution in [1.29, 1.82) is 0 Å². The van der Waals surface area contributed by atoms with Crippen LogP contribution in [0.2, 0.25) is 0 Å². The molecule has 1 amide bonds. The zero-order chi connectivity index (χ0) is 15.0. The van der Waals surface area contributed by atoms with Gasteiger partial charge in [-0.05, 0) is 50.8 Å². The number of hydrogen-bond donors (Lipinski definition) is 0. The summed E-state index contributed by atoms with van der Waals surface area (Å²) in [6.07, 6.45) is 7.87. The first-order chi connectivity index (χ1) is 9.94. The Morgan fingerprint density at radius 2 is 2.19 bits per heavy atom. The fourth-order valence-corrected chi connectivity index (χ4v) is 3.16. The molecule has 21 heavy (non-hydrogen) atoms. The van der Waals surface area contributed by atoms with Crippen molar-refractivity contribution in [2.24, 2.45) is 5.92 Å². The Hall–Kier alpha value is -1.84. The second-order valence-corrected chi connectivity index (χ2v) is 6.84. The molecule has 0 saturated carbocycles. The molecule has 4 rings (SSSR count). The van der Waals surface area contributed by atoms with Crippen LogP contribution in [0.15, 0.2) is 30.6 Å². The summed E-state index contributed by atoms with van der Waals surface area (Å²) in [5, 5.41) is 0. The largest absolute Gasteiger partial charge is 0.444 e. The molecule has 0 aromatic carbocycles. The molecule has 1 saturated heterocycles. The predicted octanol–water partition coefficient (Wildman–Crippen LogP) is 3.49. The minimum absolute atomic E-state index is 0.153. The van der Waals surface area contributed by atoms with Crippen molar-refractivity contribution >= 4 is 11.7 Å². The Morgan fingerprint density at radius 1 is 1.38 bits per heavy atom. The van der Waals surface area contributed by atoms with Crippen LogP contribution in [0, 0.1) is 5.92 Å². The van der Waals surface area contributed by atoms with E-state index < -0.39 is 5.60 Å². The summed E-state index contributed by atoms with van der Waals surface area (Å²) in [4.78, 5) is 18.4. The van der Waals surface area contributed by atoms with Gasteiger partial charge in [-0.15, -0.1) is 0 Å². The lowest BCUT2D eigenvalue weighted by molar-refractivity contribution is 0.00982. The minimum atomic E-state index is -0.441. The minimum Gasteiger partial charge on any atom is -0.444 e. The van der Waals surface area contributed by atoms with Crippen molar-refractivity contribution in [1.82, 2.24) is 9.88 Å². The highest BCUT2D eigenvalue weighted by atomic mass is 16.6. The van der Waals surface area contributed by atoms with Crippen LogP contribution in [0.3, 0.4) is 0 Å². The maximum Gasteiger partial charge on any atom is 0.410 e. The summed E-state index contributed by atoms with van der Waals surface area (Å²) in [6.45, 7) is 6.47. The molecule has 1 aliphatic carbocycles. The van der Waals surface area contributed by atoms with Gasteiger partial charge in [-0.1, -0.05) is 12.1 Å². The maximum absolute atomic E-state index is 12.3. The molecule has 3 aliphatic rings. The molecule has 2 bridgehead atoms. The van der Waals surface area contributed by atoms with Crippen LogP contribution in [-0.4, -0.2) is 34.2 Å². The normalized spacial score (nSPS) is 24.7. The van der Waals surface area contributed by atoms with Gasteiger partial charge < -0.3 is 9.64 Å². The van der Waals surface area contributed by atoms with Crippen molar-refractivity contribution in [3.63, 3.8) is 0 Å². The van der Waals surface area contributed by atoms with E-state index in [2.05, 4.69) is 17.1 Å². The maximum atomic E-state index is 12.3. The number of amides is 1. The number of pyridine rings is 1. The number of aromatic nitrogens is 1. The predicted molar refractivity (Wildman–Crippen MR) is 81.7 cm³/mol. The molecular weight excluding hydrogens is 264 g/mol. The molecule has 0 N–H and O–H groups in total. The topological polar surface area (TPSA) is 42.4 Å². The monoisotopic (exact) mass is 286 g/mol. The van der Waals surface area contributed by atoms with Crippen molar-refractivity contribution in [3.8, 4) is 0 Å². The highest BCUT2D eigenvalue weighted by Crippen LogP contribution is 2.40. The van der Waals surface area contributed by atoms with Gasteiger partial charge in [0, 0.05) is 24.9 Å². The summed E-state index contributed by atoms with van der Waals surface area (Å²) >= 11 is 0. The molecule has 1 aromatic rings. The number of piperidine rings is 1. The van der Waals surface area contributed by atoms with Crippen LogP contribution in [-0.2, 0) is 4.74 Å². The van der Waals surface area contributed by atoms with Gasteiger partial charge in [-0.3, -0.25) is 4.98 Å². The Bertz CT molecular complexity index is 560. The number of hydrogen-bond acceptors (Lipinski definition) is 3. The van der Waals surface area contributed by atoms with Crippen LogP contribution >= 0.6 is 0 Å². The number of rotatable bonds is 1. The number of nitrogens with zero attached hydrogens (tertiary/aromatic N) is 2. The second-order valence-electron chi connectivity index (χ2n) is 6.84. The van der Waals surface area contributed by atoms with E-state index in [4.69, 9.17) is 4.74 Å². The van der Waals surface area contributed by atoms with E-state index in [0.717, 1.165) is 19.4 Å². The molecule has 0 radical (unpaired) electrons. The second kappa shape index (κ2) is 5.17. The van der Waals surface area contributed by atoms with Gasteiger partial charge in [-0.2, -0.15) is 0 Å². The Morgan fingerprint density at radius 3 is 2.76 bits per heavy atom. The van der Waals surface area contributed by atoms with Crippen LogP contribution in [0.25, 0.3) is 5.57 Å². The SMILES string of the molecule is CC(C)(C)OC(=O)N1CC2CCC1C=C2c1cccnc1. The van der Waals surface area contributed by atoms with Crippen molar-refractivity contribution in [2.75, 3.05) is 6.54 Å². The third-order valence-corrected chi connectivity index (χ3v) is 4.06. The Labute approximate surface area is 125 Å². The van der Waals surface area contributed by atoms with Crippen LogP contribution in [0.5, 0.6) is 0 Å². The molecular formula is C17H22N2O2. The number of fused-ring (bicyclic) bond motifs is 2. The van der Waals surface area contributed by atoms with E-state index in [1.807, 2.05) is 37.9 Å². The molecule has 2 aliphatic heterocycles. The molecule has 4 nitrogen and oxygen atoms in total. The zero-order valence-electron chi connectivity index (χ0n) is 12.9. The van der Waals surface area contributed by atoms with Gasteiger partial charge in [0.2, 0.25) is 0 Å². The molecule has 1 fully saturated rings. The van der Waals surface area contributed by atoms with Crippen LogP contribution in [0.1, 0.15) is 39.2 Å². The van der Waals surface area contributed by atoms with Gasteiger partial charge in [-0.25, -0.2) is 4.79 Å². The van der Waals surface area contributed by atoms with Gasteiger partial charge >= 0.3 is 6.09 Å². The van der Waals surface area contributed by atoms with Gasteiger partial charge in [0.25, 0.3) is 0 Å². The molecule has 4 heteroatoms. The third-order valence-electron chi connectivity index (χ3n) is 4.06. The number of ether oxygens (including phenoxy) is 1. The number of carbonyl (C=O) groups excluding carboxylic acids is 1. The average Bonchev–Trinajstić information content (AvgIpc) is 2.47. The molecule has 0 spiro atoms. The third kappa shape index (κ3) is 2.94. The Kier molecular flexibility index (Phi) is 3.47. The van der Waals surface area contributed by atoms with E-state index in [0.29, 0.717) is 5.92 Å². The zero-order valence-corrected chi connectivity index (χ0v) is 12.9. The van der Waals surface area contributed by atoms with E-state index in [-0.39, 0.29) is 12.1 Å². The van der Waals surface area contributed by atoms with E-state index >= 15 is 0 Å². The van der Waals surface area contributed by atoms with Crippen LogP contribution in [0.4, 0.5) is 4.79 Å². The molecule has 3 heterocycles. The lowest BCUT2D eigenvalue weighted by atomic mass is 9.77. The molecule has 112 valence electrons. The first-order valence-electron chi connectivity index (χ1n) is 7.56. The molecule has 1 aromatic heterocycles. The van der Waals surface area contributed by atoms with Crippen LogP contribution < -0.4 is 0 Å². The summed E-state index contributed by atoms with van der Waals surface area (Å²) in [7, 11) is 0. The Balaban J connectivity index is 1.80. The molecule has 2 unspecified atom stereocenters. The van der Waals surface area contributed by atoms with E-state index in [1.165, 1.54) is 11.1 Å². The van der Waals surface area contributed by atoms with Crippen molar-refractivity contribution in [3.05, 3.63) is 36.2 Å². The van der Waals surface area contributed by atoms with Crippen molar-refractivity contribution < 1.29 is 9.53 Å². The summed E-state index contributed by atoms with van der Waals surface area (Å²) in [5.74, 6) is 0.395. The average molecular weight is 286 g/mol. The van der Waals surface area contributed by atoms with Crippen molar-refractivity contribution in [2.45, 2.75) is 45.3 Å². The molecule has 2 atom stereocenters. The number of carbonyl (C=O) groups is 1. The summed E-state index contributed by atoms with van der Waals surface area (Å²) < 4.78 is 5.52. The van der Waals surface area contributed by atoms with Gasteiger partial charge in [0.15, 0.2) is 0 Å². The lowest BCUT2D eigenvalue weighted by Gasteiger charge is -2.44. The quantitative estimate of drug-likeness (QED) is 0.793. The summed E-state index contributed by atoms with van der Waals surface area (Å²) in [5.41, 5.74) is 2.07. The first-order valence-corrected chi connectivity index (χ1v) is 7.56. The fraction of sp³-hybridized carbons (Fsp3) is 0.529. The first kappa shape index (κ1) is 14.1. The highest BCUT2D eigenvalue weighted by molar-refractivity contribution is 5.75. The van der Waals surface area contributed by atoms with E-state index in [9.17, 15) is 4.79 Å². The lowest BCUT2D eigenvalue weighted by Crippen LogP contribution is -2.51. The smallest absolute Gasteiger partial charge is 0.410 e.